The van der Waals surface area contributed by atoms with E-state index >= 15 is 0 Å². The van der Waals surface area contributed by atoms with E-state index in [0.29, 0.717) is 12.1 Å². The Labute approximate surface area is 128 Å². The zero-order chi connectivity index (χ0) is 15.0. The predicted molar refractivity (Wildman–Crippen MR) is 90.1 cm³/mol. The molecule has 3 nitrogen and oxygen atoms in total. The third-order valence-corrected chi connectivity index (χ3v) is 4.10. The number of aromatic nitrogens is 1. The van der Waals surface area contributed by atoms with Crippen molar-refractivity contribution in [2.75, 3.05) is 19.1 Å². The molecule has 0 aliphatic rings. The molecule has 114 valence electrons. The van der Waals surface area contributed by atoms with Crippen molar-refractivity contribution in [1.29, 1.82) is 0 Å². The number of thioether (sulfide) groups is 1. The molecule has 0 fully saturated rings. The van der Waals surface area contributed by atoms with Gasteiger partial charge in [0.05, 0.1) is 11.4 Å². The number of rotatable bonds is 9. The summed E-state index contributed by atoms with van der Waals surface area (Å²) in [6.07, 6.45) is 3.39. The van der Waals surface area contributed by atoms with Crippen LogP contribution in [0.4, 0.5) is 0 Å². The molecule has 0 amide bonds. The topological polar surface area (TPSA) is 28.2 Å². The largest absolute Gasteiger partial charge is 0.309 e. The summed E-state index contributed by atoms with van der Waals surface area (Å²) >= 11 is 1.91. The molecule has 0 bridgehead atoms. The van der Waals surface area contributed by atoms with E-state index < -0.39 is 0 Å². The second-order valence-corrected chi connectivity index (χ2v) is 6.69. The van der Waals surface area contributed by atoms with Crippen molar-refractivity contribution in [3.63, 3.8) is 0 Å². The van der Waals surface area contributed by atoms with Crippen LogP contribution in [-0.2, 0) is 13.1 Å². The molecule has 20 heavy (non-hydrogen) atoms. The summed E-state index contributed by atoms with van der Waals surface area (Å²) in [5.41, 5.74) is 2.29. The van der Waals surface area contributed by atoms with Crippen molar-refractivity contribution in [3.8, 4) is 0 Å². The van der Waals surface area contributed by atoms with Crippen LogP contribution in [0.3, 0.4) is 0 Å². The van der Waals surface area contributed by atoms with Crippen LogP contribution in [0.25, 0.3) is 0 Å². The molecular weight excluding hydrogens is 266 g/mol. The predicted octanol–water partition coefficient (Wildman–Crippen LogP) is 3.15. The zero-order valence-electron chi connectivity index (χ0n) is 13.5. The van der Waals surface area contributed by atoms with Crippen LogP contribution in [-0.4, -0.2) is 41.0 Å². The lowest BCUT2D eigenvalue weighted by molar-refractivity contribution is 0.242. The van der Waals surface area contributed by atoms with E-state index in [1.165, 1.54) is 12.2 Å². The Kier molecular flexibility index (Phi) is 8.19. The Hall–Kier alpha value is -0.580. The van der Waals surface area contributed by atoms with Gasteiger partial charge in [-0.2, -0.15) is 11.8 Å². The zero-order valence-corrected chi connectivity index (χ0v) is 14.3. The van der Waals surface area contributed by atoms with Crippen molar-refractivity contribution in [3.05, 3.63) is 29.6 Å². The van der Waals surface area contributed by atoms with Crippen molar-refractivity contribution >= 4 is 11.8 Å². The van der Waals surface area contributed by atoms with Crippen LogP contribution in [0.1, 0.15) is 38.6 Å². The van der Waals surface area contributed by atoms with E-state index in [-0.39, 0.29) is 0 Å². The van der Waals surface area contributed by atoms with Gasteiger partial charge in [-0.05, 0) is 44.5 Å². The highest BCUT2D eigenvalue weighted by atomic mass is 32.2. The maximum Gasteiger partial charge on any atom is 0.0547 e. The second kappa shape index (κ2) is 9.37. The molecule has 1 aromatic heterocycles. The van der Waals surface area contributed by atoms with Gasteiger partial charge in [-0.15, -0.1) is 0 Å². The summed E-state index contributed by atoms with van der Waals surface area (Å²) in [4.78, 5) is 7.13. The fourth-order valence-electron chi connectivity index (χ4n) is 1.94. The first-order valence-electron chi connectivity index (χ1n) is 7.40. The van der Waals surface area contributed by atoms with Gasteiger partial charge in [0.25, 0.3) is 0 Å². The normalized spacial score (nSPS) is 13.2. The van der Waals surface area contributed by atoms with Crippen LogP contribution in [0, 0.1) is 0 Å². The van der Waals surface area contributed by atoms with Gasteiger partial charge in [0, 0.05) is 25.2 Å². The number of pyridine rings is 1. The molecular formula is C16H29N3S. The molecule has 0 saturated heterocycles. The molecule has 0 radical (unpaired) electrons. The molecule has 1 atom stereocenters. The lowest BCUT2D eigenvalue weighted by Crippen LogP contribution is -2.29. The minimum Gasteiger partial charge on any atom is -0.309 e. The molecule has 1 heterocycles. The average molecular weight is 295 g/mol. The first-order chi connectivity index (χ1) is 9.52. The molecule has 0 aliphatic heterocycles. The Morgan fingerprint density at radius 3 is 2.60 bits per heavy atom. The highest BCUT2D eigenvalue weighted by Gasteiger charge is 2.10. The fourth-order valence-corrected chi connectivity index (χ4v) is 2.52. The summed E-state index contributed by atoms with van der Waals surface area (Å²) < 4.78 is 0. The summed E-state index contributed by atoms with van der Waals surface area (Å²) in [5.74, 6) is 1.22. The van der Waals surface area contributed by atoms with Crippen LogP contribution in [0.2, 0.25) is 0 Å². The quantitative estimate of drug-likeness (QED) is 0.757. The molecule has 0 aromatic carbocycles. The molecule has 4 heteroatoms. The standard InChI is InChI=1S/C16H29N3S/c1-13(2)17-11-15-7-6-8-16(18-15)12-19(4)14(3)9-10-20-5/h6-8,13-14,17H,9-12H2,1-5H3. The Morgan fingerprint density at radius 1 is 1.25 bits per heavy atom. The van der Waals surface area contributed by atoms with Crippen molar-refractivity contribution in [1.82, 2.24) is 15.2 Å². The van der Waals surface area contributed by atoms with Gasteiger partial charge in [0.2, 0.25) is 0 Å². The average Bonchev–Trinajstić information content (AvgIpc) is 2.42. The summed E-state index contributed by atoms with van der Waals surface area (Å²) in [5, 5.41) is 3.41. The maximum absolute atomic E-state index is 4.74. The van der Waals surface area contributed by atoms with Gasteiger partial charge in [-0.3, -0.25) is 9.88 Å². The van der Waals surface area contributed by atoms with Crippen LogP contribution in [0.15, 0.2) is 18.2 Å². The molecule has 1 rings (SSSR count). The third kappa shape index (κ3) is 6.73. The second-order valence-electron chi connectivity index (χ2n) is 5.70. The minimum absolute atomic E-state index is 0.495. The first kappa shape index (κ1) is 17.5. The molecule has 0 saturated carbocycles. The van der Waals surface area contributed by atoms with Gasteiger partial charge in [0.15, 0.2) is 0 Å². The van der Waals surface area contributed by atoms with E-state index in [9.17, 15) is 0 Å². The van der Waals surface area contributed by atoms with E-state index in [4.69, 9.17) is 4.98 Å². The number of nitrogens with one attached hydrogen (secondary N) is 1. The van der Waals surface area contributed by atoms with Gasteiger partial charge in [0.1, 0.15) is 0 Å². The van der Waals surface area contributed by atoms with Crippen LogP contribution >= 0.6 is 11.8 Å². The van der Waals surface area contributed by atoms with Gasteiger partial charge >= 0.3 is 0 Å². The van der Waals surface area contributed by atoms with E-state index in [2.05, 4.69) is 62.5 Å². The smallest absolute Gasteiger partial charge is 0.0547 e. The maximum atomic E-state index is 4.74. The SMILES string of the molecule is CSCCC(C)N(C)Cc1cccc(CNC(C)C)n1. The molecule has 1 N–H and O–H groups in total. The monoisotopic (exact) mass is 295 g/mol. The van der Waals surface area contributed by atoms with E-state index in [1.807, 2.05) is 11.8 Å². The molecule has 0 spiro atoms. The molecule has 0 aliphatic carbocycles. The lowest BCUT2D eigenvalue weighted by atomic mass is 10.2. The minimum atomic E-state index is 0.495. The summed E-state index contributed by atoms with van der Waals surface area (Å²) in [6, 6.07) is 7.42. The first-order valence-corrected chi connectivity index (χ1v) is 8.79. The van der Waals surface area contributed by atoms with Gasteiger partial charge in [-0.1, -0.05) is 19.9 Å². The van der Waals surface area contributed by atoms with E-state index in [0.717, 1.165) is 24.5 Å². The Balaban J connectivity index is 2.52. The lowest BCUT2D eigenvalue weighted by Gasteiger charge is -2.24. The molecule has 1 aromatic rings. The van der Waals surface area contributed by atoms with Crippen LogP contribution in [0.5, 0.6) is 0 Å². The Morgan fingerprint density at radius 2 is 1.95 bits per heavy atom. The molecule has 1 unspecified atom stereocenters. The number of hydrogen-bond acceptors (Lipinski definition) is 4. The number of nitrogens with zero attached hydrogens (tertiary/aromatic N) is 2. The number of hydrogen-bond donors (Lipinski definition) is 1. The highest BCUT2D eigenvalue weighted by Crippen LogP contribution is 2.10. The van der Waals surface area contributed by atoms with Crippen LogP contribution < -0.4 is 5.32 Å². The van der Waals surface area contributed by atoms with Crippen molar-refractivity contribution < 1.29 is 0 Å². The summed E-state index contributed by atoms with van der Waals surface area (Å²) in [7, 11) is 2.19. The van der Waals surface area contributed by atoms with E-state index in [1.54, 1.807) is 0 Å². The van der Waals surface area contributed by atoms with Crippen molar-refractivity contribution in [2.24, 2.45) is 0 Å². The third-order valence-electron chi connectivity index (χ3n) is 3.46. The van der Waals surface area contributed by atoms with Gasteiger partial charge in [-0.25, -0.2) is 0 Å². The summed E-state index contributed by atoms with van der Waals surface area (Å²) in [6.45, 7) is 8.37. The van der Waals surface area contributed by atoms with Gasteiger partial charge < -0.3 is 5.32 Å². The highest BCUT2D eigenvalue weighted by molar-refractivity contribution is 7.98. The Bertz CT molecular complexity index is 382. The fraction of sp³-hybridized carbons (Fsp3) is 0.688. The van der Waals surface area contributed by atoms with Crippen molar-refractivity contribution in [2.45, 2.75) is 52.4 Å².